The van der Waals surface area contributed by atoms with Gasteiger partial charge >= 0.3 is 5.97 Å². The van der Waals surface area contributed by atoms with E-state index >= 15 is 0 Å². The normalized spacial score (nSPS) is 16.8. The molecule has 1 rings (SSSR count). The first kappa shape index (κ1) is 17.9. The molecular formula is C14H27N3O4. The highest BCUT2D eigenvalue weighted by Gasteiger charge is 2.20. The van der Waals surface area contributed by atoms with Crippen LogP contribution < -0.4 is 11.1 Å². The maximum absolute atomic E-state index is 11.7. The molecule has 21 heavy (non-hydrogen) atoms. The second-order valence-electron chi connectivity index (χ2n) is 5.34. The van der Waals surface area contributed by atoms with Crippen molar-refractivity contribution in [3.8, 4) is 0 Å². The number of hydrogen-bond acceptors (Lipinski definition) is 5. The number of carboxylic acid groups (broad SMARTS) is 1. The molecule has 0 spiro atoms. The SMILES string of the molecule is NCCCOC1CCN(CC(=O)NCCCC(=O)O)CC1. The van der Waals surface area contributed by atoms with Gasteiger partial charge in [-0.05, 0) is 32.2 Å². The molecule has 0 radical (unpaired) electrons. The lowest BCUT2D eigenvalue weighted by Gasteiger charge is -2.31. The number of piperidine rings is 1. The molecule has 1 fully saturated rings. The number of ether oxygens (including phenoxy) is 1. The number of aliphatic carboxylic acids is 1. The third-order valence-corrected chi connectivity index (χ3v) is 3.49. The van der Waals surface area contributed by atoms with Gasteiger partial charge in [0, 0.05) is 32.7 Å². The topological polar surface area (TPSA) is 105 Å². The van der Waals surface area contributed by atoms with Crippen LogP contribution in [-0.2, 0) is 14.3 Å². The lowest BCUT2D eigenvalue weighted by Crippen LogP contribution is -2.43. The zero-order valence-electron chi connectivity index (χ0n) is 12.6. The van der Waals surface area contributed by atoms with Crippen LogP contribution in [0.25, 0.3) is 0 Å². The van der Waals surface area contributed by atoms with E-state index in [1.807, 2.05) is 0 Å². The Balaban J connectivity index is 2.06. The Bertz CT molecular complexity index is 317. The van der Waals surface area contributed by atoms with Crippen LogP contribution in [0.4, 0.5) is 0 Å². The quantitative estimate of drug-likeness (QED) is 0.483. The number of nitrogens with one attached hydrogen (secondary N) is 1. The van der Waals surface area contributed by atoms with Crippen molar-refractivity contribution in [2.45, 2.75) is 38.2 Å². The summed E-state index contributed by atoms with van der Waals surface area (Å²) >= 11 is 0. The predicted molar refractivity (Wildman–Crippen MR) is 79.0 cm³/mol. The Morgan fingerprint density at radius 1 is 1.29 bits per heavy atom. The molecule has 0 unspecified atom stereocenters. The molecule has 0 aliphatic carbocycles. The molecule has 0 aromatic heterocycles. The summed E-state index contributed by atoms with van der Waals surface area (Å²) in [6, 6.07) is 0. The van der Waals surface area contributed by atoms with Crippen LogP contribution in [0.5, 0.6) is 0 Å². The summed E-state index contributed by atoms with van der Waals surface area (Å²) in [4.78, 5) is 24.2. The largest absolute Gasteiger partial charge is 0.481 e. The van der Waals surface area contributed by atoms with Gasteiger partial charge in [0.05, 0.1) is 12.6 Å². The summed E-state index contributed by atoms with van der Waals surface area (Å²) in [5.74, 6) is -0.871. The lowest BCUT2D eigenvalue weighted by molar-refractivity contribution is -0.137. The summed E-state index contributed by atoms with van der Waals surface area (Å²) in [6.45, 7) is 3.88. The summed E-state index contributed by atoms with van der Waals surface area (Å²) in [5, 5.41) is 11.3. The van der Waals surface area contributed by atoms with E-state index in [1.165, 1.54) is 0 Å². The predicted octanol–water partition coefficient (Wildman–Crippen LogP) is -0.203. The number of nitrogens with zero attached hydrogens (tertiary/aromatic N) is 1. The van der Waals surface area contributed by atoms with Gasteiger partial charge in [0.25, 0.3) is 0 Å². The number of carbonyl (C=O) groups excluding carboxylic acids is 1. The van der Waals surface area contributed by atoms with Gasteiger partial charge in [-0.15, -0.1) is 0 Å². The van der Waals surface area contributed by atoms with Crippen LogP contribution in [0.15, 0.2) is 0 Å². The Kier molecular flexibility index (Phi) is 8.96. The van der Waals surface area contributed by atoms with Crippen LogP contribution in [0.2, 0.25) is 0 Å². The standard InChI is InChI=1S/C14H27N3O4/c15-6-2-10-21-12-4-8-17(9-5-12)11-13(18)16-7-1-3-14(19)20/h12H,1-11,15H2,(H,16,18)(H,19,20). The van der Waals surface area contributed by atoms with Crippen molar-refractivity contribution in [3.05, 3.63) is 0 Å². The van der Waals surface area contributed by atoms with Gasteiger partial charge in [-0.3, -0.25) is 14.5 Å². The minimum atomic E-state index is -0.832. The molecule has 0 bridgehead atoms. The zero-order chi connectivity index (χ0) is 15.5. The molecule has 7 nitrogen and oxygen atoms in total. The van der Waals surface area contributed by atoms with Gasteiger partial charge < -0.3 is 20.9 Å². The molecule has 0 aromatic rings. The van der Waals surface area contributed by atoms with Gasteiger partial charge in [0.2, 0.25) is 5.91 Å². The molecule has 4 N–H and O–H groups in total. The Morgan fingerprint density at radius 2 is 2.00 bits per heavy atom. The van der Waals surface area contributed by atoms with E-state index in [0.717, 1.165) is 32.4 Å². The minimum Gasteiger partial charge on any atom is -0.481 e. The first-order chi connectivity index (χ1) is 10.1. The van der Waals surface area contributed by atoms with Gasteiger partial charge in [0.15, 0.2) is 0 Å². The number of likely N-dealkylation sites (tertiary alicyclic amines) is 1. The zero-order valence-corrected chi connectivity index (χ0v) is 12.6. The number of amides is 1. The summed E-state index contributed by atoms with van der Waals surface area (Å²) in [7, 11) is 0. The molecule has 1 saturated heterocycles. The van der Waals surface area contributed by atoms with Crippen LogP contribution >= 0.6 is 0 Å². The Hall–Kier alpha value is -1.18. The lowest BCUT2D eigenvalue weighted by atomic mass is 10.1. The number of carboxylic acids is 1. The number of hydrogen-bond donors (Lipinski definition) is 3. The fraction of sp³-hybridized carbons (Fsp3) is 0.857. The highest BCUT2D eigenvalue weighted by atomic mass is 16.5. The Morgan fingerprint density at radius 3 is 2.62 bits per heavy atom. The fourth-order valence-corrected chi connectivity index (χ4v) is 2.29. The van der Waals surface area contributed by atoms with Crippen molar-refractivity contribution in [2.24, 2.45) is 5.73 Å². The summed E-state index contributed by atoms with van der Waals surface area (Å²) in [5.41, 5.74) is 5.42. The monoisotopic (exact) mass is 301 g/mol. The van der Waals surface area contributed by atoms with Crippen molar-refractivity contribution in [2.75, 3.05) is 39.3 Å². The van der Waals surface area contributed by atoms with E-state index in [1.54, 1.807) is 0 Å². The molecule has 122 valence electrons. The summed E-state index contributed by atoms with van der Waals surface area (Å²) in [6.07, 6.45) is 3.61. The second-order valence-corrected chi connectivity index (χ2v) is 5.34. The van der Waals surface area contributed by atoms with Crippen molar-refractivity contribution in [1.82, 2.24) is 10.2 Å². The second kappa shape index (κ2) is 10.5. The van der Waals surface area contributed by atoms with Crippen LogP contribution in [-0.4, -0.2) is 67.3 Å². The van der Waals surface area contributed by atoms with E-state index in [2.05, 4.69) is 10.2 Å². The van der Waals surface area contributed by atoms with Crippen molar-refractivity contribution >= 4 is 11.9 Å². The molecule has 1 aliphatic rings. The molecule has 0 saturated carbocycles. The third kappa shape index (κ3) is 8.64. The minimum absolute atomic E-state index is 0.0390. The van der Waals surface area contributed by atoms with Gasteiger partial charge in [-0.25, -0.2) is 0 Å². The highest BCUT2D eigenvalue weighted by molar-refractivity contribution is 5.78. The number of rotatable bonds is 10. The molecule has 0 aromatic carbocycles. The van der Waals surface area contributed by atoms with Crippen molar-refractivity contribution in [1.29, 1.82) is 0 Å². The highest BCUT2D eigenvalue weighted by Crippen LogP contribution is 2.13. The van der Waals surface area contributed by atoms with E-state index in [0.29, 0.717) is 32.7 Å². The van der Waals surface area contributed by atoms with E-state index in [4.69, 9.17) is 15.6 Å². The van der Waals surface area contributed by atoms with E-state index < -0.39 is 5.97 Å². The van der Waals surface area contributed by atoms with Crippen molar-refractivity contribution < 1.29 is 19.4 Å². The average molecular weight is 301 g/mol. The van der Waals surface area contributed by atoms with Gasteiger partial charge in [0.1, 0.15) is 0 Å². The maximum atomic E-state index is 11.7. The molecular weight excluding hydrogens is 274 g/mol. The maximum Gasteiger partial charge on any atom is 0.303 e. The van der Waals surface area contributed by atoms with Gasteiger partial charge in [-0.1, -0.05) is 0 Å². The first-order valence-corrected chi connectivity index (χ1v) is 7.64. The van der Waals surface area contributed by atoms with Crippen LogP contribution in [0.1, 0.15) is 32.1 Å². The fourth-order valence-electron chi connectivity index (χ4n) is 2.29. The smallest absolute Gasteiger partial charge is 0.303 e. The van der Waals surface area contributed by atoms with Crippen LogP contribution in [0, 0.1) is 0 Å². The molecule has 0 atom stereocenters. The van der Waals surface area contributed by atoms with E-state index in [9.17, 15) is 9.59 Å². The van der Waals surface area contributed by atoms with E-state index in [-0.39, 0.29) is 18.4 Å². The summed E-state index contributed by atoms with van der Waals surface area (Å²) < 4.78 is 5.72. The number of nitrogens with two attached hydrogens (primary N) is 1. The van der Waals surface area contributed by atoms with Gasteiger partial charge in [-0.2, -0.15) is 0 Å². The third-order valence-electron chi connectivity index (χ3n) is 3.49. The number of carbonyl (C=O) groups is 2. The molecule has 1 aliphatic heterocycles. The Labute approximate surface area is 125 Å². The van der Waals surface area contributed by atoms with Crippen LogP contribution in [0.3, 0.4) is 0 Å². The first-order valence-electron chi connectivity index (χ1n) is 7.64. The van der Waals surface area contributed by atoms with Crippen molar-refractivity contribution in [3.63, 3.8) is 0 Å². The molecule has 7 heteroatoms. The molecule has 1 heterocycles. The average Bonchev–Trinajstić information content (AvgIpc) is 2.45. The molecule has 1 amide bonds.